The van der Waals surface area contributed by atoms with Crippen molar-refractivity contribution in [2.45, 2.75) is 25.9 Å². The van der Waals surface area contributed by atoms with Crippen LogP contribution in [0, 0.1) is 5.82 Å². The number of nitrogens with one attached hydrogen (secondary N) is 1. The lowest BCUT2D eigenvalue weighted by Crippen LogP contribution is -2.41. The summed E-state index contributed by atoms with van der Waals surface area (Å²) < 4.78 is 13.4. The molecule has 1 aromatic carbocycles. The summed E-state index contributed by atoms with van der Waals surface area (Å²) in [4.78, 5) is 17.1. The van der Waals surface area contributed by atoms with Crippen molar-refractivity contribution in [2.75, 3.05) is 6.54 Å². The highest BCUT2D eigenvalue weighted by Gasteiger charge is 2.33. The van der Waals surface area contributed by atoms with Crippen LogP contribution in [0.5, 0.6) is 0 Å². The molecule has 1 amide bonds. The Morgan fingerprint density at radius 1 is 1.56 bits per heavy atom. The Balaban J connectivity index is 1.96. The van der Waals surface area contributed by atoms with Gasteiger partial charge in [0, 0.05) is 6.42 Å². The summed E-state index contributed by atoms with van der Waals surface area (Å²) >= 11 is 0. The van der Waals surface area contributed by atoms with Gasteiger partial charge < -0.3 is 10.2 Å². The van der Waals surface area contributed by atoms with E-state index in [1.807, 2.05) is 13.8 Å². The molecule has 0 fully saturated rings. The molecule has 96 valence electrons. The van der Waals surface area contributed by atoms with E-state index in [-0.39, 0.29) is 5.56 Å². The van der Waals surface area contributed by atoms with E-state index in [0.29, 0.717) is 13.0 Å². The lowest BCUT2D eigenvalue weighted by atomic mass is 10.0. The molecule has 1 aliphatic rings. The molecule has 1 atom stereocenters. The van der Waals surface area contributed by atoms with Crippen LogP contribution in [0.3, 0.4) is 0 Å². The molecule has 1 aliphatic heterocycles. The van der Waals surface area contributed by atoms with Crippen molar-refractivity contribution in [1.82, 2.24) is 5.32 Å². The van der Waals surface area contributed by atoms with Gasteiger partial charge in [-0.15, -0.1) is 0 Å². The van der Waals surface area contributed by atoms with Crippen LogP contribution in [-0.2, 0) is 4.84 Å². The fourth-order valence-corrected chi connectivity index (χ4v) is 1.90. The predicted molar refractivity (Wildman–Crippen MR) is 65.9 cm³/mol. The van der Waals surface area contributed by atoms with Gasteiger partial charge in [0.1, 0.15) is 5.82 Å². The predicted octanol–water partition coefficient (Wildman–Crippen LogP) is 2.11. The van der Waals surface area contributed by atoms with Gasteiger partial charge in [0.05, 0.1) is 17.8 Å². The molecule has 1 aromatic rings. The number of halogens is 1. The largest absolute Gasteiger partial charge is 0.387 e. The minimum absolute atomic E-state index is 0.0386. The molecule has 0 saturated carbocycles. The third kappa shape index (κ3) is 2.67. The van der Waals surface area contributed by atoms with E-state index in [0.717, 1.165) is 5.71 Å². The second-order valence-electron chi connectivity index (χ2n) is 4.71. The van der Waals surface area contributed by atoms with Crippen molar-refractivity contribution < 1.29 is 14.0 Å². The third-order valence-electron chi connectivity index (χ3n) is 2.79. The molecule has 0 aliphatic carbocycles. The standard InChI is InChI=1S/C13H15FN2O2/c1-9-7-13(2,18-16-9)8-15-12(17)10-5-3-4-6-11(10)14/h3-6H,7-8H2,1-2H3,(H,15,17)/t13-/m1/s1. The zero-order chi connectivity index (χ0) is 13.2. The third-order valence-corrected chi connectivity index (χ3v) is 2.79. The zero-order valence-electron chi connectivity index (χ0n) is 10.4. The van der Waals surface area contributed by atoms with Gasteiger partial charge in [0.2, 0.25) is 0 Å². The highest BCUT2D eigenvalue weighted by molar-refractivity contribution is 5.94. The summed E-state index contributed by atoms with van der Waals surface area (Å²) in [6.45, 7) is 4.01. The van der Waals surface area contributed by atoms with Gasteiger partial charge >= 0.3 is 0 Å². The Labute approximate surface area is 105 Å². The molecule has 2 rings (SSSR count). The first-order valence-electron chi connectivity index (χ1n) is 5.74. The van der Waals surface area contributed by atoms with Crippen molar-refractivity contribution in [2.24, 2.45) is 5.16 Å². The molecule has 0 radical (unpaired) electrons. The minimum Gasteiger partial charge on any atom is -0.387 e. The molecule has 5 heteroatoms. The average Bonchev–Trinajstić information content (AvgIpc) is 2.68. The SMILES string of the molecule is CC1=NO[C@@](C)(CNC(=O)c2ccccc2F)C1. The van der Waals surface area contributed by atoms with E-state index in [1.54, 1.807) is 12.1 Å². The average molecular weight is 250 g/mol. The smallest absolute Gasteiger partial charge is 0.254 e. The van der Waals surface area contributed by atoms with E-state index in [2.05, 4.69) is 10.5 Å². The van der Waals surface area contributed by atoms with Gasteiger partial charge in [0.15, 0.2) is 5.60 Å². The van der Waals surface area contributed by atoms with Crippen LogP contribution in [0.4, 0.5) is 4.39 Å². The second-order valence-corrected chi connectivity index (χ2v) is 4.71. The number of carbonyl (C=O) groups excluding carboxylic acids is 1. The highest BCUT2D eigenvalue weighted by atomic mass is 19.1. The summed E-state index contributed by atoms with van der Waals surface area (Å²) in [5.74, 6) is -0.970. The Bertz CT molecular complexity index is 502. The number of hydrogen-bond acceptors (Lipinski definition) is 3. The minimum atomic E-state index is -0.537. The molecule has 0 spiro atoms. The summed E-state index contributed by atoms with van der Waals surface area (Å²) in [6, 6.07) is 5.88. The van der Waals surface area contributed by atoms with E-state index >= 15 is 0 Å². The Morgan fingerprint density at radius 3 is 2.89 bits per heavy atom. The van der Waals surface area contributed by atoms with E-state index in [4.69, 9.17) is 4.84 Å². The molecule has 0 saturated heterocycles. The Hall–Kier alpha value is -1.91. The van der Waals surface area contributed by atoms with Crippen LogP contribution >= 0.6 is 0 Å². The van der Waals surface area contributed by atoms with Gasteiger partial charge in [0.25, 0.3) is 5.91 Å². The monoisotopic (exact) mass is 250 g/mol. The molecule has 0 bridgehead atoms. The maximum atomic E-state index is 13.4. The van der Waals surface area contributed by atoms with Crippen LogP contribution in [0.15, 0.2) is 29.4 Å². The summed E-state index contributed by atoms with van der Waals surface area (Å²) in [5, 5.41) is 6.51. The lowest BCUT2D eigenvalue weighted by molar-refractivity contribution is -0.00184. The van der Waals surface area contributed by atoms with Crippen LogP contribution in [-0.4, -0.2) is 23.8 Å². The van der Waals surface area contributed by atoms with Gasteiger partial charge in [-0.05, 0) is 26.0 Å². The maximum absolute atomic E-state index is 13.4. The molecule has 1 heterocycles. The van der Waals surface area contributed by atoms with Crippen LogP contribution in [0.1, 0.15) is 30.6 Å². The van der Waals surface area contributed by atoms with Crippen molar-refractivity contribution in [3.05, 3.63) is 35.6 Å². The van der Waals surface area contributed by atoms with Crippen LogP contribution in [0.2, 0.25) is 0 Å². The first-order chi connectivity index (χ1) is 8.50. The number of oxime groups is 1. The summed E-state index contributed by atoms with van der Waals surface area (Å²) in [5.41, 5.74) is 0.389. The van der Waals surface area contributed by atoms with Crippen LogP contribution < -0.4 is 5.32 Å². The normalized spacial score (nSPS) is 22.3. The molecule has 4 nitrogen and oxygen atoms in total. The van der Waals surface area contributed by atoms with Crippen molar-refractivity contribution in [3.63, 3.8) is 0 Å². The second kappa shape index (κ2) is 4.76. The van der Waals surface area contributed by atoms with Crippen molar-refractivity contribution in [1.29, 1.82) is 0 Å². The first-order valence-corrected chi connectivity index (χ1v) is 5.74. The first kappa shape index (κ1) is 12.5. The number of amides is 1. The quantitative estimate of drug-likeness (QED) is 0.893. The highest BCUT2D eigenvalue weighted by Crippen LogP contribution is 2.22. The molecular weight excluding hydrogens is 235 g/mol. The van der Waals surface area contributed by atoms with Crippen LogP contribution in [0.25, 0.3) is 0 Å². The topological polar surface area (TPSA) is 50.7 Å². The van der Waals surface area contributed by atoms with E-state index in [9.17, 15) is 9.18 Å². The molecule has 1 N–H and O–H groups in total. The van der Waals surface area contributed by atoms with Gasteiger partial charge in [-0.2, -0.15) is 0 Å². The number of nitrogens with zero attached hydrogens (tertiary/aromatic N) is 1. The van der Waals surface area contributed by atoms with Crippen molar-refractivity contribution >= 4 is 11.6 Å². The fourth-order valence-electron chi connectivity index (χ4n) is 1.90. The van der Waals surface area contributed by atoms with E-state index in [1.165, 1.54) is 12.1 Å². The Kier molecular flexibility index (Phi) is 3.32. The summed E-state index contributed by atoms with van der Waals surface area (Å²) in [7, 11) is 0. The molecule has 18 heavy (non-hydrogen) atoms. The van der Waals surface area contributed by atoms with E-state index < -0.39 is 17.3 Å². The van der Waals surface area contributed by atoms with Gasteiger partial charge in [-0.1, -0.05) is 17.3 Å². The Morgan fingerprint density at radius 2 is 2.28 bits per heavy atom. The number of carbonyl (C=O) groups is 1. The number of benzene rings is 1. The van der Waals surface area contributed by atoms with Gasteiger partial charge in [-0.25, -0.2) is 4.39 Å². The maximum Gasteiger partial charge on any atom is 0.254 e. The number of rotatable bonds is 3. The summed E-state index contributed by atoms with van der Waals surface area (Å²) in [6.07, 6.45) is 0.657. The zero-order valence-corrected chi connectivity index (χ0v) is 10.4. The van der Waals surface area contributed by atoms with Gasteiger partial charge in [-0.3, -0.25) is 4.79 Å². The lowest BCUT2D eigenvalue weighted by Gasteiger charge is -2.21. The van der Waals surface area contributed by atoms with Crippen molar-refractivity contribution in [3.8, 4) is 0 Å². The molecular formula is C13H15FN2O2. The fraction of sp³-hybridized carbons (Fsp3) is 0.385. The molecule has 0 unspecified atom stereocenters. The molecule has 0 aromatic heterocycles. The number of hydrogen-bond donors (Lipinski definition) is 1.